The lowest BCUT2D eigenvalue weighted by Crippen LogP contribution is -2.75. The second-order valence-corrected chi connectivity index (χ2v) is 9.02. The summed E-state index contributed by atoms with van der Waals surface area (Å²) in [7, 11) is -4.81. The third kappa shape index (κ3) is 5.24. The maximum Gasteiger partial charge on any atom is 0.471 e. The lowest BCUT2D eigenvalue weighted by Gasteiger charge is -2.43. The Labute approximate surface area is 198 Å². The predicted molar refractivity (Wildman–Crippen MR) is 88.4 cm³/mol. The van der Waals surface area contributed by atoms with Crippen molar-refractivity contribution in [3.05, 3.63) is 29.8 Å². The summed E-state index contributed by atoms with van der Waals surface area (Å²) in [6.07, 6.45) is -8.18. The maximum atomic E-state index is 13.8. The van der Waals surface area contributed by atoms with Crippen molar-refractivity contribution in [3.63, 3.8) is 0 Å². The highest BCUT2D eigenvalue weighted by Crippen LogP contribution is 2.63. The van der Waals surface area contributed by atoms with Gasteiger partial charge in [0.25, 0.3) is 0 Å². The van der Waals surface area contributed by atoms with Gasteiger partial charge >= 0.3 is 55.2 Å². The molecule has 0 radical (unpaired) electrons. The third-order valence-electron chi connectivity index (χ3n) is 4.52. The summed E-state index contributed by atoms with van der Waals surface area (Å²) < 4.78 is 241. The fourth-order valence-corrected chi connectivity index (χ4v) is 3.08. The molecule has 0 spiro atoms. The lowest BCUT2D eigenvalue weighted by atomic mass is 9.89. The average Bonchev–Trinajstić information content (AvgIpc) is 2.72. The third-order valence-corrected chi connectivity index (χ3v) is 5.30. The number of hydrogen-bond acceptors (Lipinski definition) is 2. The van der Waals surface area contributed by atoms with Crippen molar-refractivity contribution in [2.75, 3.05) is 6.67 Å². The first-order valence-electron chi connectivity index (χ1n) is 8.88. The molecule has 0 bridgehead atoms. The zero-order valence-corrected chi connectivity index (χ0v) is 18.2. The number of halogens is 17. The van der Waals surface area contributed by atoms with Crippen LogP contribution in [0.15, 0.2) is 24.3 Å². The van der Waals surface area contributed by atoms with Crippen LogP contribution in [0.4, 0.5) is 74.6 Å². The summed E-state index contributed by atoms with van der Waals surface area (Å²) in [6.45, 7) is -3.97. The number of rotatable bonds is 12. The minimum absolute atomic E-state index is 0.0909. The van der Waals surface area contributed by atoms with Gasteiger partial charge in [-0.2, -0.15) is 70.2 Å². The number of alkyl halides is 17. The van der Waals surface area contributed by atoms with Gasteiger partial charge in [0.1, 0.15) is 5.75 Å². The molecule has 0 saturated heterocycles. The fraction of sp³-hybridized carbons (Fsp3) is 0.625. The molecule has 0 aliphatic rings. The normalized spacial score (nSPS) is 15.6. The second kappa shape index (κ2) is 9.57. The smallest absolute Gasteiger partial charge is 0.428 e. The minimum atomic E-state index is -8.68. The van der Waals surface area contributed by atoms with Gasteiger partial charge in [-0.25, -0.2) is 4.39 Å². The molecule has 38 heavy (non-hydrogen) atoms. The SMILES string of the molecule is O=P(O)(O)Cc1ccc(OC(F)(F)C(F)(F)C(F)(F)C(F)(F)C(F)(F)C(F)(F)C(F)(F)C(F)(F)CF)cc1. The van der Waals surface area contributed by atoms with Crippen LogP contribution in [0, 0.1) is 0 Å². The molecular formula is C16H10F17O4P. The van der Waals surface area contributed by atoms with E-state index in [2.05, 4.69) is 4.74 Å². The van der Waals surface area contributed by atoms with Gasteiger partial charge in [-0.3, -0.25) is 4.57 Å². The minimum Gasteiger partial charge on any atom is -0.428 e. The molecule has 0 aromatic heterocycles. The van der Waals surface area contributed by atoms with Crippen LogP contribution < -0.4 is 4.74 Å². The zero-order chi connectivity index (χ0) is 30.6. The zero-order valence-electron chi connectivity index (χ0n) is 17.3. The van der Waals surface area contributed by atoms with E-state index in [4.69, 9.17) is 9.79 Å². The van der Waals surface area contributed by atoms with E-state index < -0.39 is 79.3 Å². The monoisotopic (exact) mass is 620 g/mol. The predicted octanol–water partition coefficient (Wildman–Crippen LogP) is 6.75. The van der Waals surface area contributed by atoms with E-state index in [-0.39, 0.29) is 12.1 Å². The largest absolute Gasteiger partial charge is 0.471 e. The highest BCUT2D eigenvalue weighted by atomic mass is 31.2. The Bertz CT molecular complexity index is 1030. The molecule has 0 fully saturated rings. The van der Waals surface area contributed by atoms with Crippen molar-refractivity contribution in [1.82, 2.24) is 0 Å². The van der Waals surface area contributed by atoms with Crippen LogP contribution >= 0.6 is 7.60 Å². The van der Waals surface area contributed by atoms with Gasteiger partial charge in [-0.05, 0) is 17.7 Å². The molecule has 0 aliphatic carbocycles. The van der Waals surface area contributed by atoms with E-state index in [9.17, 15) is 79.2 Å². The standard InChI is InChI=1S/C16H10F17O4P/c17-6-9(18,19)10(20,21)11(22,23)12(24,25)13(26,27)14(28,29)15(30,31)16(32,33)37-8-3-1-7(2-4-8)5-38(34,35)36/h1-4H,5-6H2,(H2,34,35,36). The first-order chi connectivity index (χ1) is 16.5. The van der Waals surface area contributed by atoms with E-state index in [0.717, 1.165) is 0 Å². The van der Waals surface area contributed by atoms with Crippen molar-refractivity contribution < 1.29 is 93.7 Å². The van der Waals surface area contributed by atoms with Gasteiger partial charge in [0.15, 0.2) is 6.67 Å². The molecule has 4 nitrogen and oxygen atoms in total. The van der Waals surface area contributed by atoms with Crippen molar-refractivity contribution >= 4 is 7.60 Å². The van der Waals surface area contributed by atoms with E-state index in [1.807, 2.05) is 0 Å². The highest BCUT2D eigenvalue weighted by molar-refractivity contribution is 7.50. The first kappa shape index (κ1) is 34.0. The van der Waals surface area contributed by atoms with Crippen LogP contribution in [0.3, 0.4) is 0 Å². The average molecular weight is 620 g/mol. The summed E-state index contributed by atoms with van der Waals surface area (Å²) >= 11 is 0. The van der Waals surface area contributed by atoms with Crippen LogP contribution in [0.1, 0.15) is 5.56 Å². The number of ether oxygens (including phenoxy) is 1. The molecular weight excluding hydrogens is 610 g/mol. The van der Waals surface area contributed by atoms with E-state index >= 15 is 0 Å². The van der Waals surface area contributed by atoms with Gasteiger partial charge in [0.2, 0.25) is 0 Å². The van der Waals surface area contributed by atoms with E-state index in [1.165, 1.54) is 0 Å². The summed E-state index contributed by atoms with van der Waals surface area (Å²) in [5.41, 5.74) is -0.439. The Kier molecular flexibility index (Phi) is 8.56. The topological polar surface area (TPSA) is 66.8 Å². The second-order valence-electron chi connectivity index (χ2n) is 7.37. The molecule has 0 unspecified atom stereocenters. The molecule has 0 atom stereocenters. The summed E-state index contributed by atoms with van der Waals surface area (Å²) in [6, 6.07) is 1.04. The van der Waals surface area contributed by atoms with E-state index in [1.54, 1.807) is 0 Å². The summed E-state index contributed by atoms with van der Waals surface area (Å²) in [5.74, 6) is -58.9. The van der Waals surface area contributed by atoms with Gasteiger partial charge in [0.05, 0.1) is 6.16 Å². The van der Waals surface area contributed by atoms with Crippen LogP contribution in [0.5, 0.6) is 5.75 Å². The Morgan fingerprint density at radius 2 is 0.947 bits per heavy atom. The molecule has 222 valence electrons. The van der Waals surface area contributed by atoms with Crippen LogP contribution in [0.25, 0.3) is 0 Å². The van der Waals surface area contributed by atoms with Crippen LogP contribution in [-0.2, 0) is 10.7 Å². The van der Waals surface area contributed by atoms with Gasteiger partial charge in [0, 0.05) is 0 Å². The summed E-state index contributed by atoms with van der Waals surface area (Å²) in [5, 5.41) is 0. The molecule has 1 aromatic rings. The quantitative estimate of drug-likeness (QED) is 0.201. The van der Waals surface area contributed by atoms with Crippen LogP contribution in [0.2, 0.25) is 0 Å². The van der Waals surface area contributed by atoms with E-state index in [0.29, 0.717) is 12.1 Å². The van der Waals surface area contributed by atoms with Crippen molar-refractivity contribution in [3.8, 4) is 5.75 Å². The Morgan fingerprint density at radius 3 is 1.29 bits per heavy atom. The fourth-order valence-electron chi connectivity index (χ4n) is 2.40. The van der Waals surface area contributed by atoms with Gasteiger partial charge in [-0.1, -0.05) is 12.1 Å². The maximum absolute atomic E-state index is 13.8. The molecule has 22 heteroatoms. The molecule has 0 aliphatic heterocycles. The Morgan fingerprint density at radius 1 is 0.605 bits per heavy atom. The Balaban J connectivity index is 3.51. The van der Waals surface area contributed by atoms with Crippen LogP contribution in [-0.4, -0.2) is 64.0 Å². The lowest BCUT2D eigenvalue weighted by molar-refractivity contribution is -0.465. The summed E-state index contributed by atoms with van der Waals surface area (Å²) in [4.78, 5) is 17.4. The molecule has 0 amide bonds. The van der Waals surface area contributed by atoms with Gasteiger partial charge in [-0.15, -0.1) is 0 Å². The molecule has 2 N–H and O–H groups in total. The van der Waals surface area contributed by atoms with Gasteiger partial charge < -0.3 is 14.5 Å². The molecule has 1 aromatic carbocycles. The Hall–Kier alpha value is -2.02. The molecule has 1 rings (SSSR count). The first-order valence-corrected chi connectivity index (χ1v) is 10.7. The molecule has 0 heterocycles. The van der Waals surface area contributed by atoms with Crippen molar-refractivity contribution in [2.45, 2.75) is 53.7 Å². The highest BCUT2D eigenvalue weighted by Gasteiger charge is 2.95. The number of hydrogen-bond donors (Lipinski definition) is 2. The van der Waals surface area contributed by atoms with Crippen molar-refractivity contribution in [2.24, 2.45) is 0 Å². The van der Waals surface area contributed by atoms with Crippen molar-refractivity contribution in [1.29, 1.82) is 0 Å². The molecule has 0 saturated carbocycles. The number of benzene rings is 1.